The second-order valence-electron chi connectivity index (χ2n) is 7.76. The van der Waals surface area contributed by atoms with Crippen LogP contribution < -0.4 is 10.6 Å². The number of anilines is 1. The lowest BCUT2D eigenvalue weighted by molar-refractivity contribution is -0.118. The highest BCUT2D eigenvalue weighted by atomic mass is 32.2. The Morgan fingerprint density at radius 2 is 2.09 bits per heavy atom. The SMILES string of the molecule is CSCCC(NC(=O)c1ccco1)C(=O)Nc1cccc(-c2nnc3n2CCCCC3)c1. The van der Waals surface area contributed by atoms with Crippen molar-refractivity contribution in [1.29, 1.82) is 0 Å². The molecule has 3 heterocycles. The molecule has 0 fully saturated rings. The number of nitrogens with one attached hydrogen (secondary N) is 2. The van der Waals surface area contributed by atoms with E-state index in [0.717, 1.165) is 48.8 Å². The molecule has 2 amide bonds. The van der Waals surface area contributed by atoms with Crippen LogP contribution in [0.4, 0.5) is 5.69 Å². The Bertz CT molecular complexity index is 1060. The number of fused-ring (bicyclic) bond motifs is 1. The first-order valence-electron chi connectivity index (χ1n) is 10.8. The molecule has 8 nitrogen and oxygen atoms in total. The van der Waals surface area contributed by atoms with E-state index in [1.54, 1.807) is 23.9 Å². The van der Waals surface area contributed by atoms with Gasteiger partial charge in [0.05, 0.1) is 6.26 Å². The fourth-order valence-corrected chi connectivity index (χ4v) is 4.28. The van der Waals surface area contributed by atoms with Crippen LogP contribution in [-0.2, 0) is 17.8 Å². The third-order valence-electron chi connectivity index (χ3n) is 5.48. The van der Waals surface area contributed by atoms with E-state index in [-0.39, 0.29) is 11.7 Å². The maximum atomic E-state index is 13.0. The Labute approximate surface area is 191 Å². The van der Waals surface area contributed by atoms with E-state index in [0.29, 0.717) is 12.1 Å². The number of aromatic nitrogens is 3. The summed E-state index contributed by atoms with van der Waals surface area (Å²) < 4.78 is 7.33. The fraction of sp³-hybridized carbons (Fsp3) is 0.391. The average Bonchev–Trinajstić information content (AvgIpc) is 3.42. The van der Waals surface area contributed by atoms with E-state index in [4.69, 9.17) is 4.42 Å². The van der Waals surface area contributed by atoms with E-state index in [9.17, 15) is 9.59 Å². The van der Waals surface area contributed by atoms with Gasteiger partial charge >= 0.3 is 0 Å². The first-order chi connectivity index (χ1) is 15.7. The van der Waals surface area contributed by atoms with Gasteiger partial charge in [0.15, 0.2) is 11.6 Å². The van der Waals surface area contributed by atoms with Crippen LogP contribution in [0.25, 0.3) is 11.4 Å². The topological polar surface area (TPSA) is 102 Å². The molecule has 4 rings (SSSR count). The van der Waals surface area contributed by atoms with Crippen molar-refractivity contribution in [1.82, 2.24) is 20.1 Å². The quantitative estimate of drug-likeness (QED) is 0.539. The lowest BCUT2D eigenvalue weighted by atomic mass is 10.1. The van der Waals surface area contributed by atoms with Crippen LogP contribution in [0, 0.1) is 0 Å². The zero-order chi connectivity index (χ0) is 22.3. The van der Waals surface area contributed by atoms with Gasteiger partial charge in [0.25, 0.3) is 5.91 Å². The third-order valence-corrected chi connectivity index (χ3v) is 6.12. The molecule has 1 aliphatic heterocycles. The number of hydrogen-bond acceptors (Lipinski definition) is 6. The van der Waals surface area contributed by atoms with Crippen molar-refractivity contribution in [3.05, 3.63) is 54.2 Å². The van der Waals surface area contributed by atoms with E-state index < -0.39 is 11.9 Å². The summed E-state index contributed by atoms with van der Waals surface area (Å²) in [5, 5.41) is 14.5. The molecule has 9 heteroatoms. The predicted molar refractivity (Wildman–Crippen MR) is 125 cm³/mol. The molecule has 0 radical (unpaired) electrons. The van der Waals surface area contributed by atoms with Crippen molar-refractivity contribution in [2.24, 2.45) is 0 Å². The minimum atomic E-state index is -0.673. The number of amides is 2. The maximum Gasteiger partial charge on any atom is 0.287 e. The van der Waals surface area contributed by atoms with Gasteiger partial charge in [-0.25, -0.2) is 0 Å². The van der Waals surface area contributed by atoms with Gasteiger partial charge < -0.3 is 19.6 Å². The molecule has 0 spiro atoms. The van der Waals surface area contributed by atoms with Crippen LogP contribution >= 0.6 is 11.8 Å². The zero-order valence-electron chi connectivity index (χ0n) is 18.0. The summed E-state index contributed by atoms with van der Waals surface area (Å²) in [6, 6.07) is 10.1. The summed E-state index contributed by atoms with van der Waals surface area (Å²) in [6.45, 7) is 0.907. The number of hydrogen-bond donors (Lipinski definition) is 2. The molecule has 0 saturated carbocycles. The summed E-state index contributed by atoms with van der Waals surface area (Å²) >= 11 is 1.62. The number of furan rings is 1. The summed E-state index contributed by atoms with van der Waals surface area (Å²) in [5.41, 5.74) is 1.56. The van der Waals surface area contributed by atoms with Gasteiger partial charge in [0.2, 0.25) is 5.91 Å². The lowest BCUT2D eigenvalue weighted by Gasteiger charge is -2.18. The fourth-order valence-electron chi connectivity index (χ4n) is 3.81. The van der Waals surface area contributed by atoms with Crippen LogP contribution in [0.15, 0.2) is 47.1 Å². The zero-order valence-corrected chi connectivity index (χ0v) is 18.9. The molecule has 32 heavy (non-hydrogen) atoms. The Morgan fingerprint density at radius 1 is 1.19 bits per heavy atom. The highest BCUT2D eigenvalue weighted by molar-refractivity contribution is 7.98. The van der Waals surface area contributed by atoms with Crippen LogP contribution in [-0.4, -0.2) is 44.6 Å². The molecular formula is C23H27N5O3S. The summed E-state index contributed by atoms with van der Waals surface area (Å²) in [5.74, 6) is 2.09. The van der Waals surface area contributed by atoms with Crippen molar-refractivity contribution in [2.75, 3.05) is 17.3 Å². The van der Waals surface area contributed by atoms with Crippen LogP contribution in [0.3, 0.4) is 0 Å². The summed E-state index contributed by atoms with van der Waals surface area (Å²) in [6.07, 6.45) is 8.29. The average molecular weight is 454 g/mol. The van der Waals surface area contributed by atoms with Crippen molar-refractivity contribution < 1.29 is 14.0 Å². The molecule has 1 aromatic carbocycles. The Balaban J connectivity index is 1.49. The van der Waals surface area contributed by atoms with Gasteiger partial charge in [0, 0.05) is 24.2 Å². The van der Waals surface area contributed by atoms with Crippen molar-refractivity contribution >= 4 is 29.3 Å². The van der Waals surface area contributed by atoms with Gasteiger partial charge in [-0.3, -0.25) is 9.59 Å². The van der Waals surface area contributed by atoms with Crippen LogP contribution in [0.5, 0.6) is 0 Å². The number of aryl methyl sites for hydroxylation is 1. The number of carbonyl (C=O) groups is 2. The van der Waals surface area contributed by atoms with Gasteiger partial charge in [0.1, 0.15) is 11.9 Å². The Kier molecular flexibility index (Phi) is 7.26. The minimum Gasteiger partial charge on any atom is -0.459 e. The Morgan fingerprint density at radius 3 is 2.91 bits per heavy atom. The van der Waals surface area contributed by atoms with Crippen molar-refractivity contribution in [3.63, 3.8) is 0 Å². The van der Waals surface area contributed by atoms with Gasteiger partial charge in [-0.1, -0.05) is 18.6 Å². The maximum absolute atomic E-state index is 13.0. The van der Waals surface area contributed by atoms with Crippen molar-refractivity contribution in [3.8, 4) is 11.4 Å². The lowest BCUT2D eigenvalue weighted by Crippen LogP contribution is -2.44. The molecular weight excluding hydrogens is 426 g/mol. The summed E-state index contributed by atoms with van der Waals surface area (Å²) in [4.78, 5) is 25.4. The number of nitrogens with zero attached hydrogens (tertiary/aromatic N) is 3. The number of rotatable bonds is 8. The van der Waals surface area contributed by atoms with Gasteiger partial charge in [-0.15, -0.1) is 10.2 Å². The highest BCUT2D eigenvalue weighted by Gasteiger charge is 2.23. The molecule has 3 aromatic rings. The monoisotopic (exact) mass is 453 g/mol. The largest absolute Gasteiger partial charge is 0.459 e. The van der Waals surface area contributed by atoms with E-state index >= 15 is 0 Å². The van der Waals surface area contributed by atoms with Gasteiger partial charge in [-0.05, 0) is 55.5 Å². The molecule has 0 aliphatic carbocycles. The minimum absolute atomic E-state index is 0.182. The number of carbonyl (C=O) groups excluding carboxylic acids is 2. The predicted octanol–water partition coefficient (Wildman–Crippen LogP) is 3.75. The second kappa shape index (κ2) is 10.5. The molecule has 2 N–H and O–H groups in total. The molecule has 168 valence electrons. The first-order valence-corrected chi connectivity index (χ1v) is 12.2. The van der Waals surface area contributed by atoms with Crippen molar-refractivity contribution in [2.45, 2.75) is 44.7 Å². The second-order valence-corrected chi connectivity index (χ2v) is 8.74. The molecule has 1 unspecified atom stereocenters. The number of benzene rings is 1. The van der Waals surface area contributed by atoms with E-state index in [1.807, 2.05) is 30.5 Å². The molecule has 0 bridgehead atoms. The van der Waals surface area contributed by atoms with Crippen LogP contribution in [0.2, 0.25) is 0 Å². The molecule has 0 saturated heterocycles. The van der Waals surface area contributed by atoms with Gasteiger partial charge in [-0.2, -0.15) is 11.8 Å². The normalized spacial score (nSPS) is 14.3. The smallest absolute Gasteiger partial charge is 0.287 e. The van der Waals surface area contributed by atoms with E-state index in [1.165, 1.54) is 12.7 Å². The summed E-state index contributed by atoms with van der Waals surface area (Å²) in [7, 11) is 0. The molecule has 2 aromatic heterocycles. The third kappa shape index (κ3) is 5.21. The number of thioether (sulfide) groups is 1. The first kappa shape index (κ1) is 22.1. The Hall–Kier alpha value is -3.07. The standard InChI is InChI=1S/C23H27N5O3S/c1-32-14-11-18(25-23(30)19-9-6-13-31-19)22(29)24-17-8-5-7-16(15-17)21-27-26-20-10-3-2-4-12-28(20)21/h5-9,13,15,18H,2-4,10-12,14H2,1H3,(H,24,29)(H,25,30). The van der Waals surface area contributed by atoms with Crippen LogP contribution in [0.1, 0.15) is 42.1 Å². The molecule has 1 atom stereocenters. The molecule has 1 aliphatic rings. The van der Waals surface area contributed by atoms with E-state index in [2.05, 4.69) is 25.4 Å². The highest BCUT2D eigenvalue weighted by Crippen LogP contribution is 2.25.